The minimum atomic E-state index is -0.198. The fourth-order valence-electron chi connectivity index (χ4n) is 4.12. The van der Waals surface area contributed by atoms with Crippen LogP contribution in [-0.4, -0.2) is 69.5 Å². The van der Waals surface area contributed by atoms with Gasteiger partial charge in [-0.25, -0.2) is 9.67 Å². The summed E-state index contributed by atoms with van der Waals surface area (Å²) in [7, 11) is 1.73. The topological polar surface area (TPSA) is 94.3 Å². The molecule has 3 aromatic rings. The molecule has 2 aromatic heterocycles. The minimum absolute atomic E-state index is 0.0620. The molecule has 0 saturated carbocycles. The summed E-state index contributed by atoms with van der Waals surface area (Å²) in [6, 6.07) is 7.97. The first-order valence-corrected chi connectivity index (χ1v) is 11.5. The van der Waals surface area contributed by atoms with E-state index in [9.17, 15) is 9.59 Å². The van der Waals surface area contributed by atoms with Gasteiger partial charge < -0.3 is 10.1 Å². The normalized spacial score (nSPS) is 14.6. The molecule has 176 valence electrons. The van der Waals surface area contributed by atoms with E-state index in [4.69, 9.17) is 4.74 Å². The lowest BCUT2D eigenvalue weighted by molar-refractivity contribution is -0.121. The second-order valence-electron chi connectivity index (χ2n) is 8.59. The summed E-state index contributed by atoms with van der Waals surface area (Å²) in [4.78, 5) is 32.3. The van der Waals surface area contributed by atoms with Gasteiger partial charge in [0.25, 0.3) is 5.56 Å². The van der Waals surface area contributed by atoms with Crippen molar-refractivity contribution in [3.8, 4) is 5.69 Å². The van der Waals surface area contributed by atoms with Crippen LogP contribution in [-0.2, 0) is 23.0 Å². The number of morpholine rings is 1. The Bertz CT molecular complexity index is 1180. The first-order valence-electron chi connectivity index (χ1n) is 11.5. The molecule has 1 amide bonds. The molecular weight excluding hydrogens is 420 g/mol. The van der Waals surface area contributed by atoms with Crippen LogP contribution in [0.5, 0.6) is 0 Å². The highest BCUT2D eigenvalue weighted by molar-refractivity contribution is 5.77. The summed E-state index contributed by atoms with van der Waals surface area (Å²) in [6.45, 7) is 8.95. The van der Waals surface area contributed by atoms with E-state index in [0.717, 1.165) is 56.2 Å². The van der Waals surface area contributed by atoms with Crippen LogP contribution in [0.4, 0.5) is 0 Å². The van der Waals surface area contributed by atoms with E-state index in [2.05, 4.69) is 20.3 Å². The van der Waals surface area contributed by atoms with Gasteiger partial charge in [-0.3, -0.25) is 19.1 Å². The Kier molecular flexibility index (Phi) is 7.20. The molecular formula is C24H32N6O3. The summed E-state index contributed by atoms with van der Waals surface area (Å²) >= 11 is 0. The molecule has 1 aromatic carbocycles. The zero-order valence-electron chi connectivity index (χ0n) is 19.6. The van der Waals surface area contributed by atoms with Gasteiger partial charge in [0.05, 0.1) is 24.6 Å². The second kappa shape index (κ2) is 10.3. The number of nitrogens with one attached hydrogen (secondary N) is 1. The first-order chi connectivity index (χ1) is 15.9. The van der Waals surface area contributed by atoms with Crippen LogP contribution >= 0.6 is 0 Å². The summed E-state index contributed by atoms with van der Waals surface area (Å²) in [5, 5.41) is 7.58. The number of aromatic nitrogens is 4. The van der Waals surface area contributed by atoms with Gasteiger partial charge >= 0.3 is 0 Å². The van der Waals surface area contributed by atoms with Crippen molar-refractivity contribution < 1.29 is 9.53 Å². The predicted molar refractivity (Wildman–Crippen MR) is 127 cm³/mol. The minimum Gasteiger partial charge on any atom is -0.379 e. The molecule has 1 fully saturated rings. The Morgan fingerprint density at radius 3 is 2.61 bits per heavy atom. The average molecular weight is 453 g/mol. The molecule has 0 unspecified atom stereocenters. The molecule has 0 bridgehead atoms. The lowest BCUT2D eigenvalue weighted by atomic mass is 10.2. The molecule has 0 spiro atoms. The number of carbonyl (C=O) groups is 1. The van der Waals surface area contributed by atoms with Crippen LogP contribution in [0.3, 0.4) is 0 Å². The third kappa shape index (κ3) is 5.31. The molecule has 4 rings (SSSR count). The van der Waals surface area contributed by atoms with Crippen LogP contribution in [0.15, 0.2) is 29.1 Å². The van der Waals surface area contributed by atoms with Gasteiger partial charge in [-0.1, -0.05) is 17.7 Å². The maximum atomic E-state index is 13.0. The fraction of sp³-hybridized carbons (Fsp3) is 0.500. The van der Waals surface area contributed by atoms with E-state index in [0.29, 0.717) is 29.8 Å². The SMILES string of the molecule is Cc1ccc(-n2nc(C)c3nc(CCC(=O)NCCCN4CCOCC4)c(=O)n(C)c32)cc1. The van der Waals surface area contributed by atoms with Gasteiger partial charge in [-0.15, -0.1) is 0 Å². The predicted octanol–water partition coefficient (Wildman–Crippen LogP) is 1.51. The molecule has 9 heteroatoms. The van der Waals surface area contributed by atoms with Crippen LogP contribution in [0, 0.1) is 13.8 Å². The number of nitrogens with zero attached hydrogens (tertiary/aromatic N) is 5. The van der Waals surface area contributed by atoms with E-state index in [1.807, 2.05) is 38.1 Å². The number of rotatable bonds is 8. The van der Waals surface area contributed by atoms with Gasteiger partial charge in [-0.05, 0) is 38.9 Å². The first kappa shape index (κ1) is 23.1. The lowest BCUT2D eigenvalue weighted by Gasteiger charge is -2.26. The molecule has 1 aliphatic rings. The number of hydrogen-bond acceptors (Lipinski definition) is 6. The van der Waals surface area contributed by atoms with Crippen LogP contribution in [0.2, 0.25) is 0 Å². The van der Waals surface area contributed by atoms with E-state index in [-0.39, 0.29) is 17.9 Å². The highest BCUT2D eigenvalue weighted by Gasteiger charge is 2.18. The highest BCUT2D eigenvalue weighted by atomic mass is 16.5. The lowest BCUT2D eigenvalue weighted by Crippen LogP contribution is -2.38. The number of benzene rings is 1. The zero-order chi connectivity index (χ0) is 23.4. The van der Waals surface area contributed by atoms with Crippen LogP contribution in [0.25, 0.3) is 16.9 Å². The van der Waals surface area contributed by atoms with E-state index < -0.39 is 0 Å². The van der Waals surface area contributed by atoms with Crippen molar-refractivity contribution in [2.75, 3.05) is 39.4 Å². The third-order valence-corrected chi connectivity index (χ3v) is 6.07. The Balaban J connectivity index is 1.40. The summed E-state index contributed by atoms with van der Waals surface area (Å²) in [5.41, 5.74) is 4.29. The maximum Gasteiger partial charge on any atom is 0.273 e. The molecule has 9 nitrogen and oxygen atoms in total. The van der Waals surface area contributed by atoms with Crippen molar-refractivity contribution in [1.82, 2.24) is 29.5 Å². The summed E-state index contributed by atoms with van der Waals surface area (Å²) in [5.74, 6) is -0.0620. The molecule has 3 heterocycles. The van der Waals surface area contributed by atoms with Gasteiger partial charge in [0, 0.05) is 39.5 Å². The largest absolute Gasteiger partial charge is 0.379 e. The summed E-state index contributed by atoms with van der Waals surface area (Å²) in [6.07, 6.45) is 1.43. The average Bonchev–Trinajstić information content (AvgIpc) is 3.15. The van der Waals surface area contributed by atoms with E-state index >= 15 is 0 Å². The quantitative estimate of drug-likeness (QED) is 0.521. The van der Waals surface area contributed by atoms with E-state index in [1.165, 1.54) is 0 Å². The summed E-state index contributed by atoms with van der Waals surface area (Å²) < 4.78 is 8.68. The number of ether oxygens (including phenoxy) is 1. The van der Waals surface area contributed by atoms with Gasteiger partial charge in [0.1, 0.15) is 11.2 Å². The van der Waals surface area contributed by atoms with E-state index in [1.54, 1.807) is 16.3 Å². The van der Waals surface area contributed by atoms with Crippen molar-refractivity contribution >= 4 is 17.1 Å². The number of aryl methyl sites for hydroxylation is 4. The van der Waals surface area contributed by atoms with Crippen molar-refractivity contribution in [3.63, 3.8) is 0 Å². The Labute approximate surface area is 193 Å². The molecule has 1 saturated heterocycles. The Morgan fingerprint density at radius 2 is 1.88 bits per heavy atom. The van der Waals surface area contributed by atoms with Crippen molar-refractivity contribution in [2.45, 2.75) is 33.1 Å². The molecule has 1 N–H and O–H groups in total. The van der Waals surface area contributed by atoms with Gasteiger partial charge in [0.15, 0.2) is 5.65 Å². The maximum absolute atomic E-state index is 13.0. The Hall–Kier alpha value is -3.04. The molecule has 0 aliphatic carbocycles. The number of fused-ring (bicyclic) bond motifs is 1. The molecule has 0 atom stereocenters. The Morgan fingerprint density at radius 1 is 1.15 bits per heavy atom. The highest BCUT2D eigenvalue weighted by Crippen LogP contribution is 2.19. The standard InChI is InChI=1S/C24H32N6O3/c1-17-5-7-19(8-6-17)30-23-22(18(2)27-30)26-20(24(32)28(23)3)9-10-21(31)25-11-4-12-29-13-15-33-16-14-29/h5-8H,4,9-16H2,1-3H3,(H,25,31). The molecule has 0 radical (unpaired) electrons. The van der Waals surface area contributed by atoms with Crippen LogP contribution in [0.1, 0.15) is 29.8 Å². The zero-order valence-corrected chi connectivity index (χ0v) is 19.6. The van der Waals surface area contributed by atoms with Gasteiger partial charge in [-0.2, -0.15) is 5.10 Å². The van der Waals surface area contributed by atoms with Crippen molar-refractivity contribution in [2.24, 2.45) is 7.05 Å². The smallest absolute Gasteiger partial charge is 0.273 e. The van der Waals surface area contributed by atoms with Crippen molar-refractivity contribution in [1.29, 1.82) is 0 Å². The second-order valence-corrected chi connectivity index (χ2v) is 8.59. The number of amides is 1. The molecule has 1 aliphatic heterocycles. The van der Waals surface area contributed by atoms with Crippen molar-refractivity contribution in [3.05, 3.63) is 51.6 Å². The number of hydrogen-bond donors (Lipinski definition) is 1. The van der Waals surface area contributed by atoms with Crippen LogP contribution < -0.4 is 10.9 Å². The van der Waals surface area contributed by atoms with Gasteiger partial charge in [0.2, 0.25) is 5.91 Å². The fourth-order valence-corrected chi connectivity index (χ4v) is 4.12. The third-order valence-electron chi connectivity index (χ3n) is 6.07. The molecule has 33 heavy (non-hydrogen) atoms. The monoisotopic (exact) mass is 452 g/mol. The number of carbonyl (C=O) groups excluding carboxylic acids is 1.